The summed E-state index contributed by atoms with van der Waals surface area (Å²) in [5.41, 5.74) is 5.41. The number of ketones is 1. The zero-order chi connectivity index (χ0) is 43.3. The lowest BCUT2D eigenvalue weighted by Crippen LogP contribution is -2.46. The Bertz CT molecular complexity index is 2450. The molecule has 1 aliphatic rings. The van der Waals surface area contributed by atoms with E-state index < -0.39 is 35.3 Å². The van der Waals surface area contributed by atoms with Gasteiger partial charge in [-0.15, -0.1) is 5.10 Å². The highest BCUT2D eigenvalue weighted by Gasteiger charge is 2.44. The van der Waals surface area contributed by atoms with Crippen molar-refractivity contribution in [1.82, 2.24) is 29.3 Å². The highest BCUT2D eigenvalue weighted by atomic mass is 32.2. The van der Waals surface area contributed by atoms with Crippen molar-refractivity contribution in [2.24, 2.45) is 5.41 Å². The molecule has 0 unspecified atom stereocenters. The summed E-state index contributed by atoms with van der Waals surface area (Å²) in [4.78, 5) is 24.5. The number of rotatable bonds is 13. The van der Waals surface area contributed by atoms with E-state index in [2.05, 4.69) is 62.4 Å². The number of hydrogen-bond acceptors (Lipinski definition) is 9. The summed E-state index contributed by atoms with van der Waals surface area (Å²) < 4.78 is 44.8. The van der Waals surface area contributed by atoms with Crippen molar-refractivity contribution in [3.63, 3.8) is 0 Å². The van der Waals surface area contributed by atoms with Gasteiger partial charge in [0.1, 0.15) is 33.6 Å². The predicted molar refractivity (Wildman–Crippen MR) is 236 cm³/mol. The highest BCUT2D eigenvalue weighted by molar-refractivity contribution is 7.89. The quantitative estimate of drug-likeness (QED) is 0.107. The Morgan fingerprint density at radius 2 is 1.64 bits per heavy atom. The van der Waals surface area contributed by atoms with Gasteiger partial charge in [-0.3, -0.25) is 4.79 Å². The number of carbonyl (C=O) groups is 1. The smallest absolute Gasteiger partial charge is 0.247 e. The molecular weight excluding hydrogens is 777 g/mol. The highest BCUT2D eigenvalue weighted by Crippen LogP contribution is 2.46. The van der Waals surface area contributed by atoms with Crippen LogP contribution in [0.25, 0.3) is 11.0 Å². The van der Waals surface area contributed by atoms with Crippen LogP contribution in [0.15, 0.2) is 71.9 Å². The fourth-order valence-electron chi connectivity index (χ4n) is 7.92. The fourth-order valence-corrected chi connectivity index (χ4v) is 11.2. The zero-order valence-corrected chi connectivity index (χ0v) is 39.0. The second kappa shape index (κ2) is 16.3. The molecule has 2 atom stereocenters. The van der Waals surface area contributed by atoms with Crippen LogP contribution in [0.2, 0.25) is 18.1 Å². The van der Waals surface area contributed by atoms with Crippen molar-refractivity contribution in [3.8, 4) is 5.75 Å². The van der Waals surface area contributed by atoms with Crippen LogP contribution in [0.5, 0.6) is 5.75 Å². The maximum atomic E-state index is 14.8. The Morgan fingerprint density at radius 3 is 2.29 bits per heavy atom. The Labute approximate surface area is 352 Å². The number of sulfonamides is 1. The van der Waals surface area contributed by atoms with E-state index in [-0.39, 0.29) is 41.3 Å². The summed E-state index contributed by atoms with van der Waals surface area (Å²) in [5, 5.41) is 9.00. The van der Waals surface area contributed by atoms with E-state index in [1.54, 1.807) is 36.7 Å². The number of Topliss-reactive ketones (excluding diaryl/α,β-unsaturated/α-hetero) is 1. The van der Waals surface area contributed by atoms with E-state index in [9.17, 15) is 13.2 Å². The van der Waals surface area contributed by atoms with Crippen molar-refractivity contribution < 1.29 is 22.4 Å². The minimum Gasteiger partial charge on any atom is -0.488 e. The summed E-state index contributed by atoms with van der Waals surface area (Å²) in [6.45, 7) is 28.2. The molecule has 5 aromatic rings. The summed E-state index contributed by atoms with van der Waals surface area (Å²) in [5.74, 6) is 0.556. The average Bonchev–Trinajstić information content (AvgIpc) is 3.55. The minimum absolute atomic E-state index is 0.0177. The molecule has 11 nitrogen and oxygen atoms in total. The van der Waals surface area contributed by atoms with Gasteiger partial charge in [-0.2, -0.15) is 4.31 Å². The first kappa shape index (κ1) is 44.3. The molecule has 13 heteroatoms. The molecule has 6 rings (SSSR count). The van der Waals surface area contributed by atoms with Gasteiger partial charge >= 0.3 is 0 Å². The van der Waals surface area contributed by atoms with Crippen molar-refractivity contribution in [3.05, 3.63) is 106 Å². The van der Waals surface area contributed by atoms with Gasteiger partial charge in [0.25, 0.3) is 0 Å². The van der Waals surface area contributed by atoms with E-state index >= 15 is 0 Å². The summed E-state index contributed by atoms with van der Waals surface area (Å²) in [6, 6.07) is 17.2. The van der Waals surface area contributed by atoms with Crippen LogP contribution < -0.4 is 4.74 Å². The molecule has 0 fully saturated rings. The fraction of sp³-hybridized carbons (Fsp3) is 0.500. The molecule has 2 aromatic heterocycles. The predicted octanol–water partition coefficient (Wildman–Crippen LogP) is 9.45. The lowest BCUT2D eigenvalue weighted by Gasteiger charge is -2.42. The number of aryl methyl sites for hydroxylation is 3. The molecule has 3 heterocycles. The molecule has 0 amide bonds. The third-order valence-corrected chi connectivity index (χ3v) is 19.1. The van der Waals surface area contributed by atoms with E-state index in [0.717, 1.165) is 44.4 Å². The lowest BCUT2D eigenvalue weighted by atomic mass is 9.66. The average molecular weight is 839 g/mol. The van der Waals surface area contributed by atoms with E-state index in [0.29, 0.717) is 24.5 Å². The third-order valence-electron chi connectivity index (χ3n) is 12.6. The van der Waals surface area contributed by atoms with Crippen molar-refractivity contribution >= 4 is 35.2 Å². The van der Waals surface area contributed by atoms with Crippen LogP contribution in [0, 0.1) is 19.3 Å². The summed E-state index contributed by atoms with van der Waals surface area (Å²) >= 11 is 0. The summed E-state index contributed by atoms with van der Waals surface area (Å²) in [7, 11) is -6.00. The second-order valence-electron chi connectivity index (χ2n) is 18.7. The van der Waals surface area contributed by atoms with Gasteiger partial charge in [0.2, 0.25) is 10.0 Å². The van der Waals surface area contributed by atoms with E-state index in [1.165, 1.54) is 4.31 Å². The van der Waals surface area contributed by atoms with Crippen molar-refractivity contribution in [2.75, 3.05) is 6.54 Å². The van der Waals surface area contributed by atoms with Gasteiger partial charge in [-0.1, -0.05) is 83.2 Å². The minimum atomic E-state index is -3.88. The van der Waals surface area contributed by atoms with E-state index in [1.807, 2.05) is 72.2 Å². The molecule has 0 saturated heterocycles. The zero-order valence-electron chi connectivity index (χ0n) is 37.2. The molecule has 316 valence electrons. The first-order valence-corrected chi connectivity index (χ1v) is 25.1. The normalized spacial score (nSPS) is 17.0. The lowest BCUT2D eigenvalue weighted by molar-refractivity contribution is -0.127. The number of aromatic nitrogens is 5. The van der Waals surface area contributed by atoms with Gasteiger partial charge in [-0.05, 0) is 111 Å². The van der Waals surface area contributed by atoms with Crippen molar-refractivity contribution in [1.29, 1.82) is 0 Å². The third kappa shape index (κ3) is 8.66. The van der Waals surface area contributed by atoms with Crippen LogP contribution in [0.4, 0.5) is 0 Å². The number of fused-ring (bicyclic) bond motifs is 2. The molecule has 0 N–H and O–H groups in total. The molecule has 59 heavy (non-hydrogen) atoms. The standard InChI is InChI=1S/C46H62N6O5SSi/c1-14-35-29-51(58(54,55)39-19-17-16-18-38(39)56-35)28-34-25-33(21-20-30(34)3)41(36-22-23-37-42(31(36)4)49-50-52(37)15-2)45(8,9)40(53)24-32-26-47-43(48-27-32)46(10,11)57-59(12,13)44(5,6)7/h16-23,25-27,35,41H,14-15,24,28-29H2,1-13H3/t35-,41+/m1/s1. The van der Waals surface area contributed by atoms with Crippen LogP contribution >= 0.6 is 0 Å². The van der Waals surface area contributed by atoms with Gasteiger partial charge in [0.15, 0.2) is 14.1 Å². The monoisotopic (exact) mass is 838 g/mol. The van der Waals surface area contributed by atoms with Gasteiger partial charge in [-0.25, -0.2) is 23.1 Å². The SMILES string of the molecule is CC[C@@H]1CN(Cc2cc([C@@H](c3ccc4c(nnn4CC)c3C)C(C)(C)C(=O)Cc3cnc(C(C)(C)O[Si](C)(C)C(C)(C)C)nc3)ccc2C)S(=O)(=O)c2ccccc2O1. The molecule has 0 aliphatic carbocycles. The number of benzene rings is 3. The molecular formula is C46H62N6O5SSi. The Kier molecular flexibility index (Phi) is 12.2. The number of para-hydroxylation sites is 1. The Balaban J connectivity index is 1.38. The first-order chi connectivity index (χ1) is 27.5. The van der Waals surface area contributed by atoms with Gasteiger partial charge < -0.3 is 9.16 Å². The van der Waals surface area contributed by atoms with Gasteiger partial charge in [0.05, 0.1) is 12.1 Å². The van der Waals surface area contributed by atoms with Crippen LogP contribution in [0.1, 0.15) is 114 Å². The van der Waals surface area contributed by atoms with Crippen LogP contribution in [-0.4, -0.2) is 64.4 Å². The number of hydrogen-bond donors (Lipinski definition) is 0. The van der Waals surface area contributed by atoms with Gasteiger partial charge in [0, 0.05) is 43.2 Å². The number of nitrogens with zero attached hydrogens (tertiary/aromatic N) is 6. The molecule has 1 aliphatic heterocycles. The number of ether oxygens (including phenoxy) is 1. The summed E-state index contributed by atoms with van der Waals surface area (Å²) in [6.07, 6.45) is 3.97. The Morgan fingerprint density at radius 1 is 0.966 bits per heavy atom. The maximum Gasteiger partial charge on any atom is 0.247 e. The largest absolute Gasteiger partial charge is 0.488 e. The Hall–Kier alpha value is -4.30. The molecule has 0 spiro atoms. The first-order valence-electron chi connectivity index (χ1n) is 20.7. The molecule has 0 saturated carbocycles. The maximum absolute atomic E-state index is 14.8. The molecule has 0 bridgehead atoms. The van der Waals surface area contributed by atoms with Crippen molar-refractivity contribution in [2.45, 2.75) is 143 Å². The van der Waals surface area contributed by atoms with Crippen LogP contribution in [-0.2, 0) is 44.4 Å². The van der Waals surface area contributed by atoms with Crippen LogP contribution in [0.3, 0.4) is 0 Å². The molecule has 0 radical (unpaired) electrons. The van der Waals surface area contributed by atoms with E-state index in [4.69, 9.17) is 19.1 Å². The molecule has 3 aromatic carbocycles. The topological polar surface area (TPSA) is 129 Å². The second-order valence-corrected chi connectivity index (χ2v) is 25.3. The number of carbonyl (C=O) groups excluding carboxylic acids is 1.